The fourth-order valence-corrected chi connectivity index (χ4v) is 0.837. The van der Waals surface area contributed by atoms with Gasteiger partial charge in [-0.15, -0.1) is 0 Å². The second-order valence-corrected chi connectivity index (χ2v) is 2.23. The van der Waals surface area contributed by atoms with Gasteiger partial charge < -0.3 is 10.5 Å². The van der Waals surface area contributed by atoms with Crippen molar-refractivity contribution in [2.45, 2.75) is 20.8 Å². The van der Waals surface area contributed by atoms with Crippen molar-refractivity contribution in [3.63, 3.8) is 0 Å². The molecule has 0 aliphatic heterocycles. The zero-order chi connectivity index (χ0) is 9.56. The SMILES string of the molecule is CC.COc1cc(N)ccc1C. The first-order valence-corrected chi connectivity index (χ1v) is 4.14. The summed E-state index contributed by atoms with van der Waals surface area (Å²) in [4.78, 5) is 0. The lowest BCUT2D eigenvalue weighted by molar-refractivity contribution is 0.412. The van der Waals surface area contributed by atoms with Crippen LogP contribution in [0.2, 0.25) is 0 Å². The zero-order valence-corrected chi connectivity index (χ0v) is 8.22. The Kier molecular flexibility index (Phi) is 4.93. The first-order chi connectivity index (χ1) is 5.74. The zero-order valence-electron chi connectivity index (χ0n) is 8.22. The van der Waals surface area contributed by atoms with Crippen LogP contribution in [0.5, 0.6) is 5.75 Å². The second kappa shape index (κ2) is 5.47. The number of ether oxygens (including phenoxy) is 1. The summed E-state index contributed by atoms with van der Waals surface area (Å²) in [6.45, 7) is 5.98. The van der Waals surface area contributed by atoms with Crippen LogP contribution in [0.3, 0.4) is 0 Å². The van der Waals surface area contributed by atoms with Crippen LogP contribution in [-0.4, -0.2) is 7.11 Å². The van der Waals surface area contributed by atoms with Gasteiger partial charge in [-0.05, 0) is 18.6 Å². The highest BCUT2D eigenvalue weighted by atomic mass is 16.5. The van der Waals surface area contributed by atoms with Gasteiger partial charge >= 0.3 is 0 Å². The maximum atomic E-state index is 5.52. The Morgan fingerprint density at radius 2 is 1.83 bits per heavy atom. The van der Waals surface area contributed by atoms with Gasteiger partial charge in [-0.25, -0.2) is 0 Å². The van der Waals surface area contributed by atoms with E-state index >= 15 is 0 Å². The second-order valence-electron chi connectivity index (χ2n) is 2.23. The van der Waals surface area contributed by atoms with E-state index in [0.717, 1.165) is 17.0 Å². The number of benzene rings is 1. The highest BCUT2D eigenvalue weighted by molar-refractivity contribution is 5.47. The summed E-state index contributed by atoms with van der Waals surface area (Å²) in [6, 6.07) is 5.61. The predicted octanol–water partition coefficient (Wildman–Crippen LogP) is 2.61. The number of nitrogen functional groups attached to an aromatic ring is 1. The molecule has 0 saturated carbocycles. The third kappa shape index (κ3) is 2.82. The molecule has 0 bridgehead atoms. The molecular formula is C10H17NO. The number of hydrogen-bond donors (Lipinski definition) is 1. The number of rotatable bonds is 1. The molecule has 1 aromatic carbocycles. The summed E-state index contributed by atoms with van der Waals surface area (Å²) in [6.07, 6.45) is 0. The predicted molar refractivity (Wildman–Crippen MR) is 53.5 cm³/mol. The Morgan fingerprint density at radius 1 is 1.25 bits per heavy atom. The molecule has 2 nitrogen and oxygen atoms in total. The Labute approximate surface area is 74.4 Å². The van der Waals surface area contributed by atoms with Crippen LogP contribution < -0.4 is 10.5 Å². The minimum Gasteiger partial charge on any atom is -0.496 e. The fraction of sp³-hybridized carbons (Fsp3) is 0.400. The lowest BCUT2D eigenvalue weighted by Gasteiger charge is -2.03. The monoisotopic (exact) mass is 167 g/mol. The number of methoxy groups -OCH3 is 1. The van der Waals surface area contributed by atoms with E-state index in [1.807, 2.05) is 39.0 Å². The van der Waals surface area contributed by atoms with Crippen molar-refractivity contribution in [1.29, 1.82) is 0 Å². The van der Waals surface area contributed by atoms with Gasteiger partial charge in [0.15, 0.2) is 0 Å². The molecule has 0 spiro atoms. The van der Waals surface area contributed by atoms with Crippen molar-refractivity contribution < 1.29 is 4.74 Å². The molecule has 68 valence electrons. The molecule has 1 aromatic rings. The Bertz CT molecular complexity index is 233. The van der Waals surface area contributed by atoms with Gasteiger partial charge in [0.1, 0.15) is 5.75 Å². The van der Waals surface area contributed by atoms with Crippen LogP contribution in [0.1, 0.15) is 19.4 Å². The van der Waals surface area contributed by atoms with Gasteiger partial charge in [-0.1, -0.05) is 19.9 Å². The van der Waals surface area contributed by atoms with Gasteiger partial charge in [0.2, 0.25) is 0 Å². The Hall–Kier alpha value is -1.18. The highest BCUT2D eigenvalue weighted by Gasteiger charge is 1.95. The third-order valence-corrected chi connectivity index (χ3v) is 1.43. The number of aryl methyl sites for hydroxylation is 1. The molecule has 0 atom stereocenters. The van der Waals surface area contributed by atoms with Crippen LogP contribution in [0.25, 0.3) is 0 Å². The van der Waals surface area contributed by atoms with Crippen LogP contribution in [0.15, 0.2) is 18.2 Å². The lowest BCUT2D eigenvalue weighted by atomic mass is 10.2. The van der Waals surface area contributed by atoms with Gasteiger partial charge in [0, 0.05) is 11.8 Å². The van der Waals surface area contributed by atoms with E-state index in [1.165, 1.54) is 0 Å². The third-order valence-electron chi connectivity index (χ3n) is 1.43. The minimum absolute atomic E-state index is 0.738. The normalized spacial score (nSPS) is 8.33. The Balaban J connectivity index is 0.000000561. The largest absolute Gasteiger partial charge is 0.496 e. The van der Waals surface area contributed by atoms with Crippen molar-refractivity contribution in [2.75, 3.05) is 12.8 Å². The first kappa shape index (κ1) is 10.8. The highest BCUT2D eigenvalue weighted by Crippen LogP contribution is 2.19. The molecule has 0 unspecified atom stereocenters. The summed E-state index contributed by atoms with van der Waals surface area (Å²) in [5, 5.41) is 0. The van der Waals surface area contributed by atoms with Gasteiger partial charge in [0.25, 0.3) is 0 Å². The maximum absolute atomic E-state index is 5.52. The first-order valence-electron chi connectivity index (χ1n) is 4.14. The molecule has 2 N–H and O–H groups in total. The lowest BCUT2D eigenvalue weighted by Crippen LogP contribution is -1.89. The van der Waals surface area contributed by atoms with E-state index in [0.29, 0.717) is 0 Å². The van der Waals surface area contributed by atoms with Gasteiger partial charge in [-0.2, -0.15) is 0 Å². The minimum atomic E-state index is 0.738. The van der Waals surface area contributed by atoms with Gasteiger partial charge in [-0.3, -0.25) is 0 Å². The summed E-state index contributed by atoms with van der Waals surface area (Å²) in [7, 11) is 1.64. The van der Waals surface area contributed by atoms with E-state index in [9.17, 15) is 0 Å². The van der Waals surface area contributed by atoms with E-state index in [1.54, 1.807) is 7.11 Å². The summed E-state index contributed by atoms with van der Waals surface area (Å²) >= 11 is 0. The summed E-state index contributed by atoms with van der Waals surface area (Å²) in [5.74, 6) is 0.847. The summed E-state index contributed by atoms with van der Waals surface area (Å²) < 4.78 is 5.05. The van der Waals surface area contributed by atoms with Gasteiger partial charge in [0.05, 0.1) is 7.11 Å². The molecular weight excluding hydrogens is 150 g/mol. The van der Waals surface area contributed by atoms with Crippen LogP contribution in [0.4, 0.5) is 5.69 Å². The molecule has 0 aromatic heterocycles. The Morgan fingerprint density at radius 3 is 2.25 bits per heavy atom. The van der Waals surface area contributed by atoms with E-state index in [2.05, 4.69) is 0 Å². The molecule has 12 heavy (non-hydrogen) atoms. The average Bonchev–Trinajstić information content (AvgIpc) is 2.13. The quantitative estimate of drug-likeness (QED) is 0.652. The smallest absolute Gasteiger partial charge is 0.123 e. The van der Waals surface area contributed by atoms with Crippen molar-refractivity contribution in [1.82, 2.24) is 0 Å². The molecule has 2 heteroatoms. The van der Waals surface area contributed by atoms with E-state index in [4.69, 9.17) is 10.5 Å². The topological polar surface area (TPSA) is 35.2 Å². The molecule has 0 aliphatic rings. The van der Waals surface area contributed by atoms with Crippen LogP contribution >= 0.6 is 0 Å². The van der Waals surface area contributed by atoms with Crippen LogP contribution in [0, 0.1) is 6.92 Å². The van der Waals surface area contributed by atoms with Crippen molar-refractivity contribution in [2.24, 2.45) is 0 Å². The standard InChI is InChI=1S/C8H11NO.C2H6/c1-6-3-4-7(9)5-8(6)10-2;1-2/h3-5H,9H2,1-2H3;1-2H3. The molecule has 0 radical (unpaired) electrons. The molecule has 0 amide bonds. The molecule has 0 saturated heterocycles. The van der Waals surface area contributed by atoms with Crippen molar-refractivity contribution >= 4 is 5.69 Å². The number of anilines is 1. The average molecular weight is 167 g/mol. The fourth-order valence-electron chi connectivity index (χ4n) is 0.837. The summed E-state index contributed by atoms with van der Waals surface area (Å²) in [5.41, 5.74) is 7.37. The van der Waals surface area contributed by atoms with Crippen molar-refractivity contribution in [3.8, 4) is 5.75 Å². The number of nitrogens with two attached hydrogens (primary N) is 1. The maximum Gasteiger partial charge on any atom is 0.123 e. The molecule has 1 rings (SSSR count). The molecule has 0 aliphatic carbocycles. The molecule has 0 fully saturated rings. The van der Waals surface area contributed by atoms with Crippen molar-refractivity contribution in [3.05, 3.63) is 23.8 Å². The number of hydrogen-bond acceptors (Lipinski definition) is 2. The van der Waals surface area contributed by atoms with Crippen LogP contribution in [-0.2, 0) is 0 Å². The van der Waals surface area contributed by atoms with E-state index < -0.39 is 0 Å². The van der Waals surface area contributed by atoms with E-state index in [-0.39, 0.29) is 0 Å². The molecule has 0 heterocycles.